The summed E-state index contributed by atoms with van der Waals surface area (Å²) in [6.45, 7) is 6.17. The Morgan fingerprint density at radius 2 is 1.72 bits per heavy atom. The fourth-order valence-corrected chi connectivity index (χ4v) is 5.90. The third-order valence-electron chi connectivity index (χ3n) is 6.41. The van der Waals surface area contributed by atoms with Crippen LogP contribution in [-0.2, 0) is 5.41 Å². The number of nitrogen functional groups attached to an aromatic ring is 1. The van der Waals surface area contributed by atoms with Crippen molar-refractivity contribution >= 4 is 17.5 Å². The van der Waals surface area contributed by atoms with Crippen LogP contribution in [0.15, 0.2) is 6.07 Å². The van der Waals surface area contributed by atoms with Gasteiger partial charge in [-0.15, -0.1) is 0 Å². The second-order valence-electron chi connectivity index (χ2n) is 9.70. The van der Waals surface area contributed by atoms with E-state index in [1.165, 1.54) is 19.3 Å². The van der Waals surface area contributed by atoms with Crippen LogP contribution in [0.3, 0.4) is 0 Å². The molecule has 4 aliphatic rings. The second-order valence-corrected chi connectivity index (χ2v) is 9.70. The van der Waals surface area contributed by atoms with Crippen LogP contribution in [0.25, 0.3) is 0 Å². The summed E-state index contributed by atoms with van der Waals surface area (Å²) in [5, 5.41) is 13.3. The molecule has 0 saturated heterocycles. The van der Waals surface area contributed by atoms with Gasteiger partial charge in [-0.2, -0.15) is 0 Å². The molecule has 0 amide bonds. The van der Waals surface area contributed by atoms with E-state index in [-0.39, 0.29) is 16.5 Å². The van der Waals surface area contributed by atoms with Crippen molar-refractivity contribution in [1.82, 2.24) is 4.98 Å². The molecule has 0 aliphatic heterocycles. The molecule has 0 radical (unpaired) electrons. The van der Waals surface area contributed by atoms with Gasteiger partial charge in [-0.1, -0.05) is 20.8 Å². The van der Waals surface area contributed by atoms with E-state index in [1.54, 1.807) is 6.07 Å². The smallest absolute Gasteiger partial charge is 0.339 e. The summed E-state index contributed by atoms with van der Waals surface area (Å²) in [6, 6.07) is 1.58. The number of aromatic carboxylic acids is 1. The quantitative estimate of drug-likeness (QED) is 0.771. The van der Waals surface area contributed by atoms with Gasteiger partial charge >= 0.3 is 5.97 Å². The van der Waals surface area contributed by atoms with Gasteiger partial charge in [0.05, 0.1) is 11.4 Å². The number of nitrogens with two attached hydrogens (primary N) is 1. The summed E-state index contributed by atoms with van der Waals surface area (Å²) in [5.74, 6) is 1.93. The number of hydrogen-bond donors (Lipinski definition) is 3. The fraction of sp³-hybridized carbons (Fsp3) is 0.700. The first-order chi connectivity index (χ1) is 11.7. The molecule has 5 nitrogen and oxygen atoms in total. The molecule has 4 bridgehead atoms. The first-order valence-corrected chi connectivity index (χ1v) is 9.48. The van der Waals surface area contributed by atoms with Gasteiger partial charge in [0.1, 0.15) is 11.4 Å². The first-order valence-electron chi connectivity index (χ1n) is 9.48. The van der Waals surface area contributed by atoms with Crippen LogP contribution in [-0.4, -0.2) is 21.6 Å². The van der Waals surface area contributed by atoms with Crippen molar-refractivity contribution < 1.29 is 9.90 Å². The van der Waals surface area contributed by atoms with E-state index >= 15 is 0 Å². The lowest BCUT2D eigenvalue weighted by Crippen LogP contribution is -2.55. The standard InChI is InChI=1S/C20H29N3O2/c1-19(2,3)16-15(21)7-14(18(24)25)17(22-16)23-20-8-11-4-12(9-20)6-13(5-11)10-20/h7,11-13H,4-6,8-10,21H2,1-3H3,(H,22,23)(H,24,25). The molecule has 1 aromatic heterocycles. The summed E-state index contributed by atoms with van der Waals surface area (Å²) in [6.07, 6.45) is 7.51. The second kappa shape index (κ2) is 5.36. The Kier molecular flexibility index (Phi) is 3.57. The van der Waals surface area contributed by atoms with Crippen molar-refractivity contribution in [3.8, 4) is 0 Å². The maximum Gasteiger partial charge on any atom is 0.339 e. The van der Waals surface area contributed by atoms with E-state index in [0.29, 0.717) is 11.5 Å². The van der Waals surface area contributed by atoms with Crippen molar-refractivity contribution in [2.45, 2.75) is 70.3 Å². The molecule has 1 aromatic rings. The lowest BCUT2D eigenvalue weighted by Gasteiger charge is -2.57. The van der Waals surface area contributed by atoms with Gasteiger partial charge in [0.2, 0.25) is 0 Å². The summed E-state index contributed by atoms with van der Waals surface area (Å²) in [7, 11) is 0. The highest BCUT2D eigenvalue weighted by Crippen LogP contribution is 2.56. The van der Waals surface area contributed by atoms with Gasteiger partial charge in [-0.05, 0) is 62.3 Å². The topological polar surface area (TPSA) is 88.2 Å². The van der Waals surface area contributed by atoms with E-state index in [4.69, 9.17) is 10.7 Å². The number of nitrogens with one attached hydrogen (secondary N) is 1. The lowest BCUT2D eigenvalue weighted by molar-refractivity contribution is 0.0105. The van der Waals surface area contributed by atoms with E-state index < -0.39 is 5.97 Å². The van der Waals surface area contributed by atoms with Crippen LogP contribution >= 0.6 is 0 Å². The Balaban J connectivity index is 1.73. The Bertz CT molecular complexity index is 685. The minimum Gasteiger partial charge on any atom is -0.478 e. The summed E-state index contributed by atoms with van der Waals surface area (Å²) < 4.78 is 0. The summed E-state index contributed by atoms with van der Waals surface area (Å²) in [5.41, 5.74) is 7.35. The minimum atomic E-state index is -0.966. The number of aromatic nitrogens is 1. The molecule has 0 aromatic carbocycles. The number of rotatable bonds is 3. The van der Waals surface area contributed by atoms with Crippen LogP contribution < -0.4 is 11.1 Å². The van der Waals surface area contributed by atoms with Crippen molar-refractivity contribution in [2.75, 3.05) is 11.1 Å². The first kappa shape index (κ1) is 16.7. The summed E-state index contributed by atoms with van der Waals surface area (Å²) >= 11 is 0. The zero-order valence-corrected chi connectivity index (χ0v) is 15.4. The molecule has 0 spiro atoms. The molecular formula is C20H29N3O2. The van der Waals surface area contributed by atoms with E-state index in [9.17, 15) is 9.90 Å². The third kappa shape index (κ3) is 2.87. The largest absolute Gasteiger partial charge is 0.478 e. The van der Waals surface area contributed by atoms with Crippen LogP contribution in [0.4, 0.5) is 11.5 Å². The highest BCUT2D eigenvalue weighted by molar-refractivity contribution is 5.94. The maximum absolute atomic E-state index is 11.8. The van der Waals surface area contributed by atoms with Crippen molar-refractivity contribution in [3.05, 3.63) is 17.3 Å². The molecule has 0 atom stereocenters. The molecule has 4 saturated carbocycles. The van der Waals surface area contributed by atoms with Gasteiger partial charge in [0.15, 0.2) is 0 Å². The van der Waals surface area contributed by atoms with Crippen LogP contribution in [0, 0.1) is 17.8 Å². The molecular weight excluding hydrogens is 314 g/mol. The van der Waals surface area contributed by atoms with Crippen LogP contribution in [0.5, 0.6) is 0 Å². The van der Waals surface area contributed by atoms with Crippen LogP contribution in [0.2, 0.25) is 0 Å². The average molecular weight is 343 g/mol. The monoisotopic (exact) mass is 343 g/mol. The molecule has 5 heteroatoms. The predicted molar refractivity (Wildman–Crippen MR) is 98.8 cm³/mol. The molecule has 4 aliphatic carbocycles. The molecule has 4 fully saturated rings. The van der Waals surface area contributed by atoms with Gasteiger partial charge in [-0.3, -0.25) is 0 Å². The van der Waals surface area contributed by atoms with Gasteiger partial charge in [-0.25, -0.2) is 9.78 Å². The Labute approximate surface area is 149 Å². The molecule has 136 valence electrons. The number of nitrogens with zero attached hydrogens (tertiary/aromatic N) is 1. The van der Waals surface area contributed by atoms with Crippen molar-refractivity contribution in [3.63, 3.8) is 0 Å². The van der Waals surface area contributed by atoms with Gasteiger partial charge in [0, 0.05) is 11.0 Å². The number of carbonyl (C=O) groups is 1. The van der Waals surface area contributed by atoms with Crippen molar-refractivity contribution in [2.24, 2.45) is 17.8 Å². The Morgan fingerprint density at radius 3 is 2.16 bits per heavy atom. The normalized spacial score (nSPS) is 33.5. The Morgan fingerprint density at radius 1 is 1.20 bits per heavy atom. The van der Waals surface area contributed by atoms with E-state index in [1.807, 2.05) is 0 Å². The number of carboxylic acid groups (broad SMARTS) is 1. The third-order valence-corrected chi connectivity index (χ3v) is 6.41. The molecule has 5 rings (SSSR count). The zero-order valence-electron chi connectivity index (χ0n) is 15.4. The molecule has 25 heavy (non-hydrogen) atoms. The van der Waals surface area contributed by atoms with Crippen molar-refractivity contribution in [1.29, 1.82) is 0 Å². The maximum atomic E-state index is 11.8. The van der Waals surface area contributed by atoms with Gasteiger partial charge < -0.3 is 16.2 Å². The zero-order chi connectivity index (χ0) is 18.0. The average Bonchev–Trinajstić information content (AvgIpc) is 2.45. The van der Waals surface area contributed by atoms with Crippen LogP contribution in [0.1, 0.15) is 75.3 Å². The number of hydrogen-bond acceptors (Lipinski definition) is 4. The fourth-order valence-electron chi connectivity index (χ4n) is 5.90. The number of carboxylic acids is 1. The molecule has 4 N–H and O–H groups in total. The minimum absolute atomic E-state index is 0.0250. The molecule has 1 heterocycles. The lowest BCUT2D eigenvalue weighted by atomic mass is 9.53. The number of anilines is 2. The highest BCUT2D eigenvalue weighted by atomic mass is 16.4. The predicted octanol–water partition coefficient (Wildman–Crippen LogP) is 4.04. The summed E-state index contributed by atoms with van der Waals surface area (Å²) in [4.78, 5) is 16.5. The highest BCUT2D eigenvalue weighted by Gasteiger charge is 2.51. The molecule has 0 unspecified atom stereocenters. The Hall–Kier alpha value is -1.78. The SMILES string of the molecule is CC(C)(C)c1nc(NC23CC4CC(CC(C4)C2)C3)c(C(=O)O)cc1N. The van der Waals surface area contributed by atoms with Gasteiger partial charge in [0.25, 0.3) is 0 Å². The number of pyridine rings is 1. The van der Waals surface area contributed by atoms with E-state index in [2.05, 4.69) is 26.1 Å². The van der Waals surface area contributed by atoms with E-state index in [0.717, 1.165) is 42.7 Å².